The number of carbonyl (C=O) groups is 2. The van der Waals surface area contributed by atoms with Gasteiger partial charge < -0.3 is 20.3 Å². The number of amides is 2. The predicted molar refractivity (Wildman–Crippen MR) is 123 cm³/mol. The fraction of sp³-hybridized carbons (Fsp3) is 0.240. The maximum absolute atomic E-state index is 13.2. The van der Waals surface area contributed by atoms with Gasteiger partial charge in [0.1, 0.15) is 12.0 Å². The van der Waals surface area contributed by atoms with Crippen molar-refractivity contribution < 1.29 is 14.3 Å². The lowest BCUT2D eigenvalue weighted by Crippen LogP contribution is -2.47. The molecular formula is C25H26N4O3. The number of fused-ring (bicyclic) bond motifs is 1. The molecule has 0 spiro atoms. The van der Waals surface area contributed by atoms with Gasteiger partial charge in [-0.1, -0.05) is 42.5 Å². The molecule has 0 aliphatic carbocycles. The van der Waals surface area contributed by atoms with Crippen molar-refractivity contribution in [3.05, 3.63) is 88.6 Å². The molecule has 0 radical (unpaired) electrons. The van der Waals surface area contributed by atoms with Gasteiger partial charge in [-0.15, -0.1) is 0 Å². The molecule has 32 heavy (non-hydrogen) atoms. The number of aromatic nitrogens is 1. The summed E-state index contributed by atoms with van der Waals surface area (Å²) in [7, 11) is 1.62. The topological polar surface area (TPSA) is 83.6 Å². The number of methoxy groups -OCH3 is 1. The molecule has 0 saturated heterocycles. The maximum atomic E-state index is 13.2. The summed E-state index contributed by atoms with van der Waals surface area (Å²) in [5, 5.41) is 5.92. The highest BCUT2D eigenvalue weighted by Gasteiger charge is 2.35. The van der Waals surface area contributed by atoms with Crippen LogP contribution >= 0.6 is 0 Å². The van der Waals surface area contributed by atoms with E-state index in [0.29, 0.717) is 30.2 Å². The highest BCUT2D eigenvalue weighted by molar-refractivity contribution is 6.02. The van der Waals surface area contributed by atoms with Crippen molar-refractivity contribution in [1.82, 2.24) is 10.3 Å². The van der Waals surface area contributed by atoms with Gasteiger partial charge in [-0.3, -0.25) is 9.59 Å². The van der Waals surface area contributed by atoms with Gasteiger partial charge in [0, 0.05) is 32.0 Å². The molecule has 2 aromatic carbocycles. The molecule has 2 heterocycles. The Kier molecular flexibility index (Phi) is 6.18. The Balaban J connectivity index is 1.79. The van der Waals surface area contributed by atoms with Crippen LogP contribution in [0.4, 0.5) is 11.5 Å². The summed E-state index contributed by atoms with van der Waals surface area (Å²) in [6, 6.07) is 19.5. The van der Waals surface area contributed by atoms with E-state index in [1.807, 2.05) is 55.5 Å². The van der Waals surface area contributed by atoms with Crippen molar-refractivity contribution in [1.29, 1.82) is 0 Å². The Morgan fingerprint density at radius 3 is 2.53 bits per heavy atom. The van der Waals surface area contributed by atoms with Crippen molar-refractivity contribution in [2.24, 2.45) is 0 Å². The number of carbonyl (C=O) groups excluding carboxylic acids is 2. The summed E-state index contributed by atoms with van der Waals surface area (Å²) in [5.41, 5.74) is 4.87. The molecule has 0 fully saturated rings. The highest BCUT2D eigenvalue weighted by atomic mass is 16.5. The van der Waals surface area contributed by atoms with Crippen LogP contribution in [0.25, 0.3) is 0 Å². The van der Waals surface area contributed by atoms with Gasteiger partial charge in [-0.05, 0) is 41.8 Å². The smallest absolute Gasteiger partial charge is 0.257 e. The quantitative estimate of drug-likeness (QED) is 0.619. The Labute approximate surface area is 187 Å². The molecule has 1 aliphatic heterocycles. The van der Waals surface area contributed by atoms with E-state index < -0.39 is 6.17 Å². The van der Waals surface area contributed by atoms with Crippen LogP contribution in [0.3, 0.4) is 0 Å². The molecule has 3 aromatic rings. The predicted octanol–water partition coefficient (Wildman–Crippen LogP) is 3.94. The van der Waals surface area contributed by atoms with Crippen LogP contribution in [0.2, 0.25) is 0 Å². The zero-order valence-corrected chi connectivity index (χ0v) is 18.4. The second kappa shape index (κ2) is 9.20. The molecule has 164 valence electrons. The second-order valence-electron chi connectivity index (χ2n) is 7.85. The van der Waals surface area contributed by atoms with Crippen molar-refractivity contribution in [3.63, 3.8) is 0 Å². The zero-order valence-electron chi connectivity index (χ0n) is 18.4. The van der Waals surface area contributed by atoms with E-state index in [0.717, 1.165) is 22.4 Å². The van der Waals surface area contributed by atoms with Gasteiger partial charge >= 0.3 is 0 Å². The fourth-order valence-electron chi connectivity index (χ4n) is 4.01. The molecule has 2 N–H and O–H groups in total. The molecule has 0 bridgehead atoms. The molecule has 7 nitrogen and oxygen atoms in total. The van der Waals surface area contributed by atoms with Crippen LogP contribution in [0.15, 0.2) is 60.7 Å². The Morgan fingerprint density at radius 1 is 1.16 bits per heavy atom. The van der Waals surface area contributed by atoms with Gasteiger partial charge in [0.15, 0.2) is 0 Å². The van der Waals surface area contributed by atoms with E-state index in [9.17, 15) is 9.59 Å². The standard InChI is InChI=1S/C25H26N4O3/c1-16-13-20(15-32-3)22-24(26-16)29(14-18-7-5-4-6-8-18)23(28-25(22)31)19-9-11-21(12-10-19)27-17(2)30/h4-13,23H,14-15H2,1-3H3,(H,27,30)(H,28,31)/t23-/m0/s1. The van der Waals surface area contributed by atoms with Gasteiger partial charge in [0.25, 0.3) is 5.91 Å². The molecule has 1 aromatic heterocycles. The second-order valence-corrected chi connectivity index (χ2v) is 7.85. The number of hydrogen-bond donors (Lipinski definition) is 2. The fourth-order valence-corrected chi connectivity index (χ4v) is 4.01. The number of nitrogens with one attached hydrogen (secondary N) is 2. The average molecular weight is 431 g/mol. The van der Waals surface area contributed by atoms with E-state index in [4.69, 9.17) is 9.72 Å². The van der Waals surface area contributed by atoms with E-state index in [1.165, 1.54) is 6.92 Å². The SMILES string of the molecule is COCc1cc(C)nc2c1C(=O)N[C@H](c1ccc(NC(C)=O)cc1)N2Cc1ccccc1. The molecule has 0 unspecified atom stereocenters. The number of nitrogens with zero attached hydrogens (tertiary/aromatic N) is 2. The minimum absolute atomic E-state index is 0.131. The molecule has 7 heteroatoms. The lowest BCUT2D eigenvalue weighted by Gasteiger charge is -2.39. The zero-order chi connectivity index (χ0) is 22.7. The minimum Gasteiger partial charge on any atom is -0.380 e. The maximum Gasteiger partial charge on any atom is 0.257 e. The summed E-state index contributed by atoms with van der Waals surface area (Å²) in [5.74, 6) is 0.328. The lowest BCUT2D eigenvalue weighted by molar-refractivity contribution is -0.114. The number of anilines is 2. The Bertz CT molecular complexity index is 1130. The number of ether oxygens (including phenoxy) is 1. The number of hydrogen-bond acceptors (Lipinski definition) is 5. The van der Waals surface area contributed by atoms with E-state index in [1.54, 1.807) is 7.11 Å². The Morgan fingerprint density at radius 2 is 1.88 bits per heavy atom. The van der Waals surface area contributed by atoms with Crippen molar-refractivity contribution >= 4 is 23.3 Å². The van der Waals surface area contributed by atoms with Crippen LogP contribution in [0.5, 0.6) is 0 Å². The van der Waals surface area contributed by atoms with Gasteiger partial charge in [0.2, 0.25) is 5.91 Å². The van der Waals surface area contributed by atoms with E-state index in [2.05, 4.69) is 27.7 Å². The van der Waals surface area contributed by atoms with Gasteiger partial charge in [-0.25, -0.2) is 4.98 Å². The molecule has 2 amide bonds. The first-order valence-electron chi connectivity index (χ1n) is 10.4. The first-order valence-corrected chi connectivity index (χ1v) is 10.4. The van der Waals surface area contributed by atoms with Crippen molar-refractivity contribution in [2.45, 2.75) is 33.2 Å². The first kappa shape index (κ1) is 21.5. The summed E-state index contributed by atoms with van der Waals surface area (Å²) in [6.07, 6.45) is -0.411. The average Bonchev–Trinajstić information content (AvgIpc) is 2.76. The number of benzene rings is 2. The summed E-state index contributed by atoms with van der Waals surface area (Å²) < 4.78 is 5.35. The summed E-state index contributed by atoms with van der Waals surface area (Å²) in [6.45, 7) is 4.28. The lowest BCUT2D eigenvalue weighted by atomic mass is 10.0. The van der Waals surface area contributed by atoms with Gasteiger partial charge in [-0.2, -0.15) is 0 Å². The molecular weight excluding hydrogens is 404 g/mol. The molecule has 4 rings (SSSR count). The third kappa shape index (κ3) is 4.48. The third-order valence-corrected chi connectivity index (χ3v) is 5.33. The van der Waals surface area contributed by atoms with E-state index >= 15 is 0 Å². The van der Waals surface area contributed by atoms with Crippen LogP contribution in [0, 0.1) is 6.92 Å². The summed E-state index contributed by atoms with van der Waals surface area (Å²) in [4.78, 5) is 31.4. The summed E-state index contributed by atoms with van der Waals surface area (Å²) >= 11 is 0. The molecule has 1 atom stereocenters. The number of rotatable bonds is 6. The Hall–Kier alpha value is -3.71. The van der Waals surface area contributed by atoms with Crippen LogP contribution in [-0.2, 0) is 22.7 Å². The third-order valence-electron chi connectivity index (χ3n) is 5.33. The van der Waals surface area contributed by atoms with Crippen LogP contribution in [-0.4, -0.2) is 23.9 Å². The largest absolute Gasteiger partial charge is 0.380 e. The van der Waals surface area contributed by atoms with Crippen molar-refractivity contribution in [3.8, 4) is 0 Å². The first-order chi connectivity index (χ1) is 15.5. The molecule has 0 saturated carbocycles. The van der Waals surface area contributed by atoms with Crippen LogP contribution in [0.1, 0.15) is 45.8 Å². The van der Waals surface area contributed by atoms with E-state index in [-0.39, 0.29) is 11.8 Å². The number of pyridine rings is 1. The normalized spacial score (nSPS) is 15.2. The molecule has 1 aliphatic rings. The number of aryl methyl sites for hydroxylation is 1. The monoisotopic (exact) mass is 430 g/mol. The van der Waals surface area contributed by atoms with Gasteiger partial charge in [0.05, 0.1) is 12.2 Å². The highest BCUT2D eigenvalue weighted by Crippen LogP contribution is 2.35. The van der Waals surface area contributed by atoms with Crippen molar-refractivity contribution in [2.75, 3.05) is 17.3 Å². The van der Waals surface area contributed by atoms with Crippen LogP contribution < -0.4 is 15.5 Å². The minimum atomic E-state index is -0.411.